The van der Waals surface area contributed by atoms with E-state index in [0.29, 0.717) is 19.5 Å². The van der Waals surface area contributed by atoms with E-state index in [0.717, 1.165) is 39.4 Å². The van der Waals surface area contributed by atoms with Crippen LogP contribution in [0.25, 0.3) is 9.88 Å². The minimum absolute atomic E-state index is 0.107. The highest BCUT2D eigenvalue weighted by atomic mass is 32.1. The van der Waals surface area contributed by atoms with Gasteiger partial charge in [-0.15, -0.1) is 21.5 Å². The number of aromatic nitrogens is 2. The van der Waals surface area contributed by atoms with Gasteiger partial charge >= 0.3 is 0 Å². The summed E-state index contributed by atoms with van der Waals surface area (Å²) in [5.74, 6) is 0.0121. The summed E-state index contributed by atoms with van der Waals surface area (Å²) in [6.45, 7) is 4.34. The van der Waals surface area contributed by atoms with E-state index in [1.165, 1.54) is 6.92 Å². The number of piperazine rings is 1. The summed E-state index contributed by atoms with van der Waals surface area (Å²) in [6, 6.07) is 11.5. The molecule has 1 aromatic carbocycles. The molecular formula is C20H21N5O2S2. The zero-order chi connectivity index (χ0) is 20.2. The molecule has 9 heteroatoms. The lowest BCUT2D eigenvalue weighted by Crippen LogP contribution is -2.49. The van der Waals surface area contributed by atoms with Gasteiger partial charge in [-0.25, -0.2) is 0 Å². The zero-order valence-electron chi connectivity index (χ0n) is 16.0. The van der Waals surface area contributed by atoms with Crippen LogP contribution in [-0.2, 0) is 16.0 Å². The number of hydrogen-bond donors (Lipinski definition) is 1. The van der Waals surface area contributed by atoms with E-state index < -0.39 is 0 Å². The average molecular weight is 428 g/mol. The predicted octanol–water partition coefficient (Wildman–Crippen LogP) is 3.12. The SMILES string of the molecule is CC(=O)Nc1ccc(CC(=O)N2CCN(c3nnc(-c4cccs4)s3)CC2)cc1. The summed E-state index contributed by atoms with van der Waals surface area (Å²) in [6.07, 6.45) is 0.363. The average Bonchev–Trinajstić information content (AvgIpc) is 3.41. The lowest BCUT2D eigenvalue weighted by atomic mass is 10.1. The number of benzene rings is 1. The Labute approximate surface area is 177 Å². The highest BCUT2D eigenvalue weighted by Gasteiger charge is 2.23. The number of nitrogens with one attached hydrogen (secondary N) is 1. The van der Waals surface area contributed by atoms with E-state index in [1.54, 1.807) is 22.7 Å². The molecule has 2 aromatic heterocycles. The number of carbonyl (C=O) groups is 2. The van der Waals surface area contributed by atoms with Crippen LogP contribution in [0.4, 0.5) is 10.8 Å². The maximum atomic E-state index is 12.6. The monoisotopic (exact) mass is 427 g/mol. The lowest BCUT2D eigenvalue weighted by molar-refractivity contribution is -0.130. The Morgan fingerprint density at radius 2 is 1.83 bits per heavy atom. The van der Waals surface area contributed by atoms with Crippen LogP contribution in [0.5, 0.6) is 0 Å². The first kappa shape index (κ1) is 19.5. The fourth-order valence-corrected chi connectivity index (χ4v) is 4.87. The van der Waals surface area contributed by atoms with Crippen molar-refractivity contribution in [1.82, 2.24) is 15.1 Å². The number of nitrogens with zero attached hydrogens (tertiary/aromatic N) is 4. The van der Waals surface area contributed by atoms with Crippen LogP contribution in [-0.4, -0.2) is 53.1 Å². The standard InChI is InChI=1S/C20H21N5O2S2/c1-14(26)21-16-6-4-15(5-7-16)13-18(27)24-8-10-25(11-9-24)20-23-22-19(29-20)17-3-2-12-28-17/h2-7,12H,8-11,13H2,1H3,(H,21,26). The zero-order valence-corrected chi connectivity index (χ0v) is 17.6. The number of carbonyl (C=O) groups excluding carboxylic acids is 2. The Hall–Kier alpha value is -2.78. The Kier molecular flexibility index (Phi) is 5.86. The molecule has 0 spiro atoms. The third-order valence-corrected chi connectivity index (χ3v) is 6.70. The van der Waals surface area contributed by atoms with Crippen molar-refractivity contribution in [2.75, 3.05) is 36.4 Å². The summed E-state index contributed by atoms with van der Waals surface area (Å²) in [7, 11) is 0. The Morgan fingerprint density at radius 3 is 2.48 bits per heavy atom. The molecule has 2 amide bonds. The molecule has 1 N–H and O–H groups in total. The summed E-state index contributed by atoms with van der Waals surface area (Å²) < 4.78 is 0. The molecule has 4 rings (SSSR count). The highest BCUT2D eigenvalue weighted by molar-refractivity contribution is 7.22. The van der Waals surface area contributed by atoms with Crippen molar-refractivity contribution in [3.05, 3.63) is 47.3 Å². The van der Waals surface area contributed by atoms with E-state index in [4.69, 9.17) is 0 Å². The van der Waals surface area contributed by atoms with Gasteiger partial charge in [0.1, 0.15) is 0 Å². The lowest BCUT2D eigenvalue weighted by Gasteiger charge is -2.34. The second-order valence-corrected chi connectivity index (χ2v) is 8.69. The van der Waals surface area contributed by atoms with Gasteiger partial charge in [0, 0.05) is 38.8 Å². The molecule has 0 bridgehead atoms. The quantitative estimate of drug-likeness (QED) is 0.677. The summed E-state index contributed by atoms with van der Waals surface area (Å²) in [5.41, 5.74) is 1.68. The van der Waals surface area contributed by atoms with Gasteiger partial charge in [0.2, 0.25) is 16.9 Å². The van der Waals surface area contributed by atoms with Crippen LogP contribution in [0.15, 0.2) is 41.8 Å². The van der Waals surface area contributed by atoms with E-state index >= 15 is 0 Å². The van der Waals surface area contributed by atoms with Crippen LogP contribution in [0.2, 0.25) is 0 Å². The highest BCUT2D eigenvalue weighted by Crippen LogP contribution is 2.31. The normalized spacial score (nSPS) is 14.1. The number of hydrogen-bond acceptors (Lipinski definition) is 7. The molecule has 1 saturated heterocycles. The topological polar surface area (TPSA) is 78.4 Å². The molecule has 3 aromatic rings. The minimum Gasteiger partial charge on any atom is -0.343 e. The Balaban J connectivity index is 1.30. The summed E-state index contributed by atoms with van der Waals surface area (Å²) >= 11 is 3.26. The fraction of sp³-hybridized carbons (Fsp3) is 0.300. The number of rotatable bonds is 5. The first-order valence-electron chi connectivity index (χ1n) is 9.35. The van der Waals surface area contributed by atoms with Crippen LogP contribution < -0.4 is 10.2 Å². The fourth-order valence-electron chi connectivity index (χ4n) is 3.19. The molecule has 0 atom stereocenters. The van der Waals surface area contributed by atoms with Crippen LogP contribution in [0, 0.1) is 0 Å². The summed E-state index contributed by atoms with van der Waals surface area (Å²) in [4.78, 5) is 29.0. The van der Waals surface area contributed by atoms with Crippen molar-refractivity contribution in [3.63, 3.8) is 0 Å². The number of anilines is 2. The van der Waals surface area contributed by atoms with Gasteiger partial charge < -0.3 is 15.1 Å². The molecule has 1 fully saturated rings. The molecule has 0 radical (unpaired) electrons. The smallest absolute Gasteiger partial charge is 0.227 e. The van der Waals surface area contributed by atoms with Crippen molar-refractivity contribution in [2.45, 2.75) is 13.3 Å². The van der Waals surface area contributed by atoms with E-state index in [1.807, 2.05) is 46.7 Å². The van der Waals surface area contributed by atoms with Gasteiger partial charge in [-0.05, 0) is 29.1 Å². The van der Waals surface area contributed by atoms with Gasteiger partial charge in [-0.3, -0.25) is 9.59 Å². The molecular weight excluding hydrogens is 406 g/mol. The molecule has 3 heterocycles. The van der Waals surface area contributed by atoms with Gasteiger partial charge in [0.25, 0.3) is 0 Å². The minimum atomic E-state index is -0.107. The van der Waals surface area contributed by atoms with Gasteiger partial charge in [-0.1, -0.05) is 29.5 Å². The van der Waals surface area contributed by atoms with Gasteiger partial charge in [-0.2, -0.15) is 0 Å². The number of thiophene rings is 1. The van der Waals surface area contributed by atoms with Crippen molar-refractivity contribution in [2.24, 2.45) is 0 Å². The first-order chi connectivity index (χ1) is 14.1. The van der Waals surface area contributed by atoms with Gasteiger partial charge in [0.15, 0.2) is 5.01 Å². The molecule has 0 unspecified atom stereocenters. The number of amides is 2. The van der Waals surface area contributed by atoms with Crippen molar-refractivity contribution in [1.29, 1.82) is 0 Å². The van der Waals surface area contributed by atoms with Crippen LogP contribution >= 0.6 is 22.7 Å². The molecule has 0 aliphatic carbocycles. The van der Waals surface area contributed by atoms with Crippen LogP contribution in [0.1, 0.15) is 12.5 Å². The largest absolute Gasteiger partial charge is 0.343 e. The van der Waals surface area contributed by atoms with Gasteiger partial charge in [0.05, 0.1) is 11.3 Å². The maximum Gasteiger partial charge on any atom is 0.227 e. The Morgan fingerprint density at radius 1 is 1.07 bits per heavy atom. The molecule has 29 heavy (non-hydrogen) atoms. The van der Waals surface area contributed by atoms with E-state index in [9.17, 15) is 9.59 Å². The van der Waals surface area contributed by atoms with E-state index in [-0.39, 0.29) is 11.8 Å². The van der Waals surface area contributed by atoms with Crippen molar-refractivity contribution >= 4 is 45.3 Å². The third-order valence-electron chi connectivity index (χ3n) is 4.68. The second kappa shape index (κ2) is 8.71. The summed E-state index contributed by atoms with van der Waals surface area (Å²) in [5, 5.41) is 15.2. The predicted molar refractivity (Wildman–Crippen MR) is 116 cm³/mol. The molecule has 1 aliphatic heterocycles. The Bertz CT molecular complexity index is 977. The van der Waals surface area contributed by atoms with Crippen molar-refractivity contribution in [3.8, 4) is 9.88 Å². The first-order valence-corrected chi connectivity index (χ1v) is 11.0. The molecule has 150 valence electrons. The van der Waals surface area contributed by atoms with E-state index in [2.05, 4.69) is 20.4 Å². The maximum absolute atomic E-state index is 12.6. The van der Waals surface area contributed by atoms with Crippen LogP contribution in [0.3, 0.4) is 0 Å². The molecule has 0 saturated carbocycles. The molecule has 1 aliphatic rings. The third kappa shape index (κ3) is 4.80. The van der Waals surface area contributed by atoms with Crippen molar-refractivity contribution < 1.29 is 9.59 Å². The molecule has 7 nitrogen and oxygen atoms in total. The second-order valence-electron chi connectivity index (χ2n) is 6.79.